The quantitative estimate of drug-likeness (QED) is 0.637. The number of hydrogen-bond acceptors (Lipinski definition) is 3. The molecule has 0 bridgehead atoms. The molecule has 0 aliphatic heterocycles. The van der Waals surface area contributed by atoms with Crippen molar-refractivity contribution >= 4 is 33.3 Å². The number of pyridine rings is 1. The summed E-state index contributed by atoms with van der Waals surface area (Å²) >= 11 is 3.47. The smallest absolute Gasteiger partial charge is 0.255 e. The Morgan fingerprint density at radius 3 is 2.64 bits per heavy atom. The van der Waals surface area contributed by atoms with E-state index in [9.17, 15) is 4.79 Å². The van der Waals surface area contributed by atoms with Crippen LogP contribution in [0, 0.1) is 6.92 Å². The van der Waals surface area contributed by atoms with Crippen LogP contribution in [0.1, 0.15) is 21.5 Å². The average Bonchev–Trinajstić information content (AvgIpc) is 2.63. The van der Waals surface area contributed by atoms with Crippen molar-refractivity contribution in [1.29, 1.82) is 0 Å². The first-order valence-electron chi connectivity index (χ1n) is 7.93. The normalized spacial score (nSPS) is 10.3. The van der Waals surface area contributed by atoms with Gasteiger partial charge in [-0.15, -0.1) is 0 Å². The zero-order valence-corrected chi connectivity index (χ0v) is 15.4. The first-order valence-corrected chi connectivity index (χ1v) is 8.72. The second kappa shape index (κ2) is 7.94. The number of carbonyl (C=O) groups is 1. The molecule has 0 aliphatic carbocycles. The maximum absolute atomic E-state index is 12.5. The number of halogens is 1. The van der Waals surface area contributed by atoms with Gasteiger partial charge in [-0.3, -0.25) is 4.79 Å². The van der Waals surface area contributed by atoms with Crippen LogP contribution in [0.5, 0.6) is 0 Å². The number of amides is 1. The van der Waals surface area contributed by atoms with Gasteiger partial charge >= 0.3 is 0 Å². The number of carbonyl (C=O) groups excluding carboxylic acids is 1. The molecular formula is C20H18BrN3O. The summed E-state index contributed by atoms with van der Waals surface area (Å²) in [6, 6.07) is 19.3. The molecule has 1 heterocycles. The number of aryl methyl sites for hydroxylation is 1. The van der Waals surface area contributed by atoms with E-state index in [0.29, 0.717) is 17.9 Å². The van der Waals surface area contributed by atoms with Crippen LogP contribution in [0.2, 0.25) is 0 Å². The molecule has 4 nitrogen and oxygen atoms in total. The van der Waals surface area contributed by atoms with Gasteiger partial charge in [0.1, 0.15) is 5.82 Å². The average molecular weight is 396 g/mol. The van der Waals surface area contributed by atoms with E-state index in [4.69, 9.17) is 0 Å². The lowest BCUT2D eigenvalue weighted by Crippen LogP contribution is -2.13. The number of nitrogens with one attached hydrogen (secondary N) is 2. The minimum Gasteiger partial charge on any atom is -0.366 e. The summed E-state index contributed by atoms with van der Waals surface area (Å²) in [5, 5.41) is 6.15. The highest BCUT2D eigenvalue weighted by molar-refractivity contribution is 9.10. The molecule has 0 spiro atoms. The number of rotatable bonds is 5. The van der Waals surface area contributed by atoms with Gasteiger partial charge in [0.05, 0.1) is 5.69 Å². The van der Waals surface area contributed by atoms with E-state index in [1.54, 1.807) is 18.3 Å². The Kier molecular flexibility index (Phi) is 5.46. The number of benzene rings is 2. The van der Waals surface area contributed by atoms with Gasteiger partial charge in [-0.1, -0.05) is 36.4 Å². The zero-order chi connectivity index (χ0) is 17.6. The number of aromatic nitrogens is 1. The van der Waals surface area contributed by atoms with Crippen LogP contribution >= 0.6 is 15.9 Å². The van der Waals surface area contributed by atoms with E-state index in [0.717, 1.165) is 21.3 Å². The summed E-state index contributed by atoms with van der Waals surface area (Å²) < 4.78 is 0.859. The lowest BCUT2D eigenvalue weighted by atomic mass is 10.2. The molecular weight excluding hydrogens is 378 g/mol. The Bertz CT molecular complexity index is 881. The van der Waals surface area contributed by atoms with Crippen molar-refractivity contribution in [3.63, 3.8) is 0 Å². The second-order valence-corrected chi connectivity index (χ2v) is 6.56. The van der Waals surface area contributed by atoms with Crippen LogP contribution in [-0.2, 0) is 6.54 Å². The topological polar surface area (TPSA) is 54.0 Å². The Hall–Kier alpha value is -2.66. The number of hydrogen-bond donors (Lipinski definition) is 2. The molecule has 1 amide bonds. The second-order valence-electron chi connectivity index (χ2n) is 5.71. The standard InChI is InChI=1S/C20H18BrN3O/c1-14-7-8-18(17(21)11-14)24-20(25)16-9-10-22-19(12-16)23-13-15-5-3-2-4-6-15/h2-12H,13H2,1H3,(H,22,23)(H,24,25). The number of anilines is 2. The monoisotopic (exact) mass is 395 g/mol. The van der Waals surface area contributed by atoms with E-state index in [-0.39, 0.29) is 5.91 Å². The summed E-state index contributed by atoms with van der Waals surface area (Å²) in [7, 11) is 0. The lowest BCUT2D eigenvalue weighted by molar-refractivity contribution is 0.102. The summed E-state index contributed by atoms with van der Waals surface area (Å²) in [6.45, 7) is 2.66. The van der Waals surface area contributed by atoms with Gasteiger partial charge in [0.15, 0.2) is 0 Å². The van der Waals surface area contributed by atoms with E-state index in [2.05, 4.69) is 31.5 Å². The lowest BCUT2D eigenvalue weighted by Gasteiger charge is -2.10. The highest BCUT2D eigenvalue weighted by atomic mass is 79.9. The fourth-order valence-corrected chi connectivity index (χ4v) is 2.97. The first-order chi connectivity index (χ1) is 12.1. The third-order valence-electron chi connectivity index (χ3n) is 3.71. The maximum Gasteiger partial charge on any atom is 0.255 e. The fraction of sp³-hybridized carbons (Fsp3) is 0.100. The largest absolute Gasteiger partial charge is 0.366 e. The van der Waals surface area contributed by atoms with E-state index in [1.807, 2.05) is 55.5 Å². The first kappa shape index (κ1) is 17.2. The van der Waals surface area contributed by atoms with Crippen molar-refractivity contribution in [1.82, 2.24) is 4.98 Å². The van der Waals surface area contributed by atoms with E-state index >= 15 is 0 Å². The number of nitrogens with zero attached hydrogens (tertiary/aromatic N) is 1. The van der Waals surface area contributed by atoms with Crippen LogP contribution in [0.4, 0.5) is 11.5 Å². The third-order valence-corrected chi connectivity index (χ3v) is 4.37. The van der Waals surface area contributed by atoms with E-state index < -0.39 is 0 Å². The molecule has 0 radical (unpaired) electrons. The highest BCUT2D eigenvalue weighted by Crippen LogP contribution is 2.24. The zero-order valence-electron chi connectivity index (χ0n) is 13.8. The minimum absolute atomic E-state index is 0.172. The molecule has 0 fully saturated rings. The van der Waals surface area contributed by atoms with Crippen LogP contribution in [0.15, 0.2) is 71.3 Å². The van der Waals surface area contributed by atoms with Crippen LogP contribution in [-0.4, -0.2) is 10.9 Å². The maximum atomic E-state index is 12.5. The third kappa shape index (κ3) is 4.67. The molecule has 2 N–H and O–H groups in total. The van der Waals surface area contributed by atoms with Crippen molar-refractivity contribution in [2.24, 2.45) is 0 Å². The molecule has 2 aromatic carbocycles. The molecule has 3 aromatic rings. The molecule has 1 aromatic heterocycles. The Morgan fingerprint density at radius 1 is 1.08 bits per heavy atom. The minimum atomic E-state index is -0.172. The van der Waals surface area contributed by atoms with Crippen molar-refractivity contribution < 1.29 is 4.79 Å². The van der Waals surface area contributed by atoms with Gasteiger partial charge in [-0.05, 0) is 58.2 Å². The van der Waals surface area contributed by atoms with Crippen LogP contribution < -0.4 is 10.6 Å². The Balaban J connectivity index is 1.69. The van der Waals surface area contributed by atoms with E-state index in [1.165, 1.54) is 0 Å². The van der Waals surface area contributed by atoms with Crippen molar-refractivity contribution in [2.75, 3.05) is 10.6 Å². The Labute approximate surface area is 155 Å². The molecule has 0 aliphatic rings. The predicted octanol–water partition coefficient (Wildman–Crippen LogP) is 5.02. The highest BCUT2D eigenvalue weighted by Gasteiger charge is 2.09. The molecule has 0 atom stereocenters. The van der Waals surface area contributed by atoms with Crippen LogP contribution in [0.3, 0.4) is 0 Å². The molecule has 0 saturated carbocycles. The SMILES string of the molecule is Cc1ccc(NC(=O)c2ccnc(NCc3ccccc3)c2)c(Br)c1. The molecule has 25 heavy (non-hydrogen) atoms. The molecule has 5 heteroatoms. The van der Waals surface area contributed by atoms with Crippen LogP contribution in [0.25, 0.3) is 0 Å². The van der Waals surface area contributed by atoms with Crippen molar-refractivity contribution in [2.45, 2.75) is 13.5 Å². The molecule has 3 rings (SSSR count). The summed E-state index contributed by atoms with van der Waals surface area (Å²) in [5.41, 5.74) is 3.58. The van der Waals surface area contributed by atoms with Gasteiger partial charge in [0.25, 0.3) is 5.91 Å². The van der Waals surface area contributed by atoms with Gasteiger partial charge < -0.3 is 10.6 Å². The molecule has 0 saturated heterocycles. The van der Waals surface area contributed by atoms with Gasteiger partial charge in [0.2, 0.25) is 0 Å². The molecule has 126 valence electrons. The van der Waals surface area contributed by atoms with Gasteiger partial charge in [-0.25, -0.2) is 4.98 Å². The van der Waals surface area contributed by atoms with Crippen molar-refractivity contribution in [3.8, 4) is 0 Å². The van der Waals surface area contributed by atoms with Crippen molar-refractivity contribution in [3.05, 3.63) is 88.0 Å². The fourth-order valence-electron chi connectivity index (χ4n) is 2.37. The summed E-state index contributed by atoms with van der Waals surface area (Å²) in [6.07, 6.45) is 1.63. The predicted molar refractivity (Wildman–Crippen MR) is 105 cm³/mol. The molecule has 0 unspecified atom stereocenters. The van der Waals surface area contributed by atoms with Gasteiger partial charge in [0, 0.05) is 22.8 Å². The summed E-state index contributed by atoms with van der Waals surface area (Å²) in [5.74, 6) is 0.495. The summed E-state index contributed by atoms with van der Waals surface area (Å²) in [4.78, 5) is 16.8. The Morgan fingerprint density at radius 2 is 1.88 bits per heavy atom. The van der Waals surface area contributed by atoms with Gasteiger partial charge in [-0.2, -0.15) is 0 Å².